The summed E-state index contributed by atoms with van der Waals surface area (Å²) in [5, 5.41) is 11.3. The first-order valence-electron chi connectivity index (χ1n) is 6.04. The molecule has 2 atom stereocenters. The quantitative estimate of drug-likeness (QED) is 0.836. The van der Waals surface area contributed by atoms with E-state index in [1.165, 1.54) is 0 Å². The van der Waals surface area contributed by atoms with Crippen LogP contribution in [0.5, 0.6) is 5.75 Å². The van der Waals surface area contributed by atoms with Crippen molar-refractivity contribution in [2.45, 2.75) is 18.6 Å². The molecule has 2 nitrogen and oxygen atoms in total. The van der Waals surface area contributed by atoms with Gasteiger partial charge in [0.2, 0.25) is 0 Å². The second-order valence-electron chi connectivity index (χ2n) is 4.56. The van der Waals surface area contributed by atoms with Crippen LogP contribution >= 0.6 is 23.2 Å². The number of fused-ring (bicyclic) bond motifs is 1. The van der Waals surface area contributed by atoms with E-state index in [9.17, 15) is 5.11 Å². The minimum absolute atomic E-state index is 0.255. The summed E-state index contributed by atoms with van der Waals surface area (Å²) in [6.45, 7) is 0. The minimum Gasteiger partial charge on any atom is -0.485 e. The standard InChI is InChI=1S/C15H12Cl2O2/c16-9-5-6-10(12(17)7-9)15-8-13(18)11-3-1-2-4-14(11)19-15/h1-7,13,15,18H,8H2/t13-,15?/m0/s1. The third kappa shape index (κ3) is 2.44. The van der Waals surface area contributed by atoms with Gasteiger partial charge in [-0.1, -0.05) is 47.5 Å². The molecular weight excluding hydrogens is 283 g/mol. The number of rotatable bonds is 1. The topological polar surface area (TPSA) is 29.5 Å². The van der Waals surface area contributed by atoms with Crippen molar-refractivity contribution >= 4 is 23.2 Å². The lowest BCUT2D eigenvalue weighted by molar-refractivity contribution is 0.0658. The first kappa shape index (κ1) is 12.8. The highest BCUT2D eigenvalue weighted by Crippen LogP contribution is 2.42. The molecule has 0 aliphatic carbocycles. The van der Waals surface area contributed by atoms with Crippen LogP contribution in [0.1, 0.15) is 29.8 Å². The summed E-state index contributed by atoms with van der Waals surface area (Å²) in [5.74, 6) is 0.706. The first-order valence-corrected chi connectivity index (χ1v) is 6.79. The molecule has 1 N–H and O–H groups in total. The SMILES string of the molecule is O[C@H]1CC(c2ccc(Cl)cc2Cl)Oc2ccccc21. The van der Waals surface area contributed by atoms with Crippen LogP contribution in [0.15, 0.2) is 42.5 Å². The number of aliphatic hydroxyl groups excluding tert-OH is 1. The Labute approximate surface area is 121 Å². The zero-order valence-corrected chi connectivity index (χ0v) is 11.5. The molecular formula is C15H12Cl2O2. The van der Waals surface area contributed by atoms with E-state index >= 15 is 0 Å². The molecule has 0 radical (unpaired) electrons. The van der Waals surface area contributed by atoms with E-state index in [0.29, 0.717) is 22.2 Å². The molecule has 0 saturated heterocycles. The van der Waals surface area contributed by atoms with E-state index in [0.717, 1.165) is 11.1 Å². The fraction of sp³-hybridized carbons (Fsp3) is 0.200. The van der Waals surface area contributed by atoms with Crippen LogP contribution in [0.4, 0.5) is 0 Å². The molecule has 1 unspecified atom stereocenters. The predicted octanol–water partition coefficient (Wildman–Crippen LogP) is 4.55. The van der Waals surface area contributed by atoms with E-state index in [2.05, 4.69) is 0 Å². The summed E-state index contributed by atoms with van der Waals surface area (Å²) in [6, 6.07) is 12.8. The summed E-state index contributed by atoms with van der Waals surface area (Å²) in [6.07, 6.45) is -0.311. The van der Waals surface area contributed by atoms with Crippen LogP contribution < -0.4 is 4.74 Å². The van der Waals surface area contributed by atoms with Gasteiger partial charge in [-0.3, -0.25) is 0 Å². The van der Waals surface area contributed by atoms with E-state index in [4.69, 9.17) is 27.9 Å². The van der Waals surface area contributed by atoms with Crippen molar-refractivity contribution in [1.82, 2.24) is 0 Å². The van der Waals surface area contributed by atoms with Crippen molar-refractivity contribution in [1.29, 1.82) is 0 Å². The average Bonchev–Trinajstić information content (AvgIpc) is 2.38. The Balaban J connectivity index is 1.97. The number of para-hydroxylation sites is 1. The van der Waals surface area contributed by atoms with Crippen LogP contribution in [0.3, 0.4) is 0 Å². The van der Waals surface area contributed by atoms with Crippen molar-refractivity contribution in [3.05, 3.63) is 63.6 Å². The normalized spacial score (nSPS) is 21.6. The van der Waals surface area contributed by atoms with E-state index < -0.39 is 6.10 Å². The largest absolute Gasteiger partial charge is 0.485 e. The molecule has 0 fully saturated rings. The van der Waals surface area contributed by atoms with E-state index in [1.807, 2.05) is 30.3 Å². The summed E-state index contributed by atoms with van der Waals surface area (Å²) in [7, 11) is 0. The number of aliphatic hydroxyl groups is 1. The lowest BCUT2D eigenvalue weighted by Crippen LogP contribution is -2.19. The minimum atomic E-state index is -0.540. The fourth-order valence-electron chi connectivity index (χ4n) is 2.35. The highest BCUT2D eigenvalue weighted by atomic mass is 35.5. The highest BCUT2D eigenvalue weighted by Gasteiger charge is 2.28. The highest BCUT2D eigenvalue weighted by molar-refractivity contribution is 6.35. The van der Waals surface area contributed by atoms with Gasteiger partial charge in [-0.25, -0.2) is 0 Å². The lowest BCUT2D eigenvalue weighted by Gasteiger charge is -2.30. The summed E-state index contributed by atoms with van der Waals surface area (Å²) >= 11 is 12.1. The van der Waals surface area contributed by atoms with Gasteiger partial charge in [0.15, 0.2) is 0 Å². The van der Waals surface area contributed by atoms with Gasteiger partial charge in [0.05, 0.1) is 6.10 Å². The Morgan fingerprint density at radius 2 is 1.84 bits per heavy atom. The van der Waals surface area contributed by atoms with Crippen molar-refractivity contribution in [2.75, 3.05) is 0 Å². The molecule has 3 rings (SSSR count). The fourth-order valence-corrected chi connectivity index (χ4v) is 2.88. The van der Waals surface area contributed by atoms with Crippen molar-refractivity contribution in [2.24, 2.45) is 0 Å². The van der Waals surface area contributed by atoms with Crippen LogP contribution in [0, 0.1) is 0 Å². The molecule has 2 aromatic carbocycles. The zero-order valence-electron chi connectivity index (χ0n) is 10.0. The Bertz CT molecular complexity index is 613. The molecule has 98 valence electrons. The number of halogens is 2. The second kappa shape index (κ2) is 5.04. The second-order valence-corrected chi connectivity index (χ2v) is 5.41. The molecule has 0 spiro atoms. The molecule has 2 aromatic rings. The monoisotopic (exact) mass is 294 g/mol. The van der Waals surface area contributed by atoms with Crippen LogP contribution in [0.25, 0.3) is 0 Å². The van der Waals surface area contributed by atoms with Gasteiger partial charge in [-0.2, -0.15) is 0 Å². The molecule has 1 aliphatic rings. The Morgan fingerprint density at radius 1 is 1.05 bits per heavy atom. The smallest absolute Gasteiger partial charge is 0.128 e. The summed E-state index contributed by atoms with van der Waals surface area (Å²) in [5.41, 5.74) is 1.67. The molecule has 19 heavy (non-hydrogen) atoms. The maximum Gasteiger partial charge on any atom is 0.128 e. The molecule has 0 bridgehead atoms. The Hall–Kier alpha value is -1.22. The lowest BCUT2D eigenvalue weighted by atomic mass is 9.95. The number of ether oxygens (including phenoxy) is 1. The zero-order chi connectivity index (χ0) is 13.4. The average molecular weight is 295 g/mol. The van der Waals surface area contributed by atoms with Gasteiger partial charge in [0, 0.05) is 27.6 Å². The maximum absolute atomic E-state index is 10.2. The van der Waals surface area contributed by atoms with Crippen LogP contribution in [0.2, 0.25) is 10.0 Å². The predicted molar refractivity (Wildman–Crippen MR) is 75.8 cm³/mol. The maximum atomic E-state index is 10.2. The number of hydrogen-bond acceptors (Lipinski definition) is 2. The first-order chi connectivity index (χ1) is 9.15. The van der Waals surface area contributed by atoms with Gasteiger partial charge in [-0.15, -0.1) is 0 Å². The van der Waals surface area contributed by atoms with Gasteiger partial charge in [-0.05, 0) is 18.2 Å². The Kier molecular flexibility index (Phi) is 3.40. The van der Waals surface area contributed by atoms with Crippen molar-refractivity contribution in [3.63, 3.8) is 0 Å². The third-order valence-corrected chi connectivity index (χ3v) is 3.86. The molecule has 0 amide bonds. The van der Waals surface area contributed by atoms with Crippen LogP contribution in [-0.2, 0) is 0 Å². The molecule has 1 aliphatic heterocycles. The molecule has 4 heteroatoms. The van der Waals surface area contributed by atoms with Crippen molar-refractivity contribution in [3.8, 4) is 5.75 Å². The van der Waals surface area contributed by atoms with Crippen molar-refractivity contribution < 1.29 is 9.84 Å². The van der Waals surface area contributed by atoms with E-state index in [1.54, 1.807) is 12.1 Å². The van der Waals surface area contributed by atoms with E-state index in [-0.39, 0.29) is 6.10 Å². The summed E-state index contributed by atoms with van der Waals surface area (Å²) < 4.78 is 5.92. The molecule has 0 saturated carbocycles. The molecule has 1 heterocycles. The van der Waals surface area contributed by atoms with Gasteiger partial charge in [0.1, 0.15) is 11.9 Å². The third-order valence-electron chi connectivity index (χ3n) is 3.29. The van der Waals surface area contributed by atoms with Crippen LogP contribution in [-0.4, -0.2) is 5.11 Å². The number of benzene rings is 2. The number of hydrogen-bond donors (Lipinski definition) is 1. The summed E-state index contributed by atoms with van der Waals surface area (Å²) in [4.78, 5) is 0. The van der Waals surface area contributed by atoms with Gasteiger partial charge in [0.25, 0.3) is 0 Å². The van der Waals surface area contributed by atoms with Gasteiger partial charge >= 0.3 is 0 Å². The Morgan fingerprint density at radius 3 is 2.63 bits per heavy atom. The molecule has 0 aromatic heterocycles. The van der Waals surface area contributed by atoms with Gasteiger partial charge < -0.3 is 9.84 Å².